The minimum absolute atomic E-state index is 0.762. The Hall–Kier alpha value is -1.13. The van der Waals surface area contributed by atoms with Crippen molar-refractivity contribution in [3.63, 3.8) is 0 Å². The molecule has 0 aliphatic heterocycles. The molecule has 0 fully saturated rings. The highest BCUT2D eigenvalue weighted by Crippen LogP contribution is 2.18. The van der Waals surface area contributed by atoms with Crippen LogP contribution in [0.5, 0.6) is 0 Å². The number of nitrogens with zero attached hydrogens (tertiary/aromatic N) is 3. The van der Waals surface area contributed by atoms with E-state index >= 15 is 0 Å². The summed E-state index contributed by atoms with van der Waals surface area (Å²) in [7, 11) is 2.01. The van der Waals surface area contributed by atoms with Gasteiger partial charge in [0.2, 0.25) is 5.13 Å². The largest absolute Gasteiger partial charge is 0.346 e. The molecule has 0 amide bonds. The molecule has 0 aliphatic carbocycles. The van der Waals surface area contributed by atoms with Crippen molar-refractivity contribution < 1.29 is 0 Å². The Labute approximate surface area is 104 Å². The summed E-state index contributed by atoms with van der Waals surface area (Å²) in [6.45, 7) is 2.71. The average Bonchev–Trinajstić information content (AvgIpc) is 2.68. The van der Waals surface area contributed by atoms with Crippen molar-refractivity contribution in [1.29, 1.82) is 0 Å². The minimum atomic E-state index is 0.762. The molecule has 0 atom stereocenters. The summed E-state index contributed by atoms with van der Waals surface area (Å²) >= 11 is 7.25. The van der Waals surface area contributed by atoms with Gasteiger partial charge in [0.25, 0.3) is 0 Å². The fourth-order valence-corrected chi connectivity index (χ4v) is 2.13. The van der Waals surface area contributed by atoms with E-state index in [-0.39, 0.29) is 0 Å². The van der Waals surface area contributed by atoms with Gasteiger partial charge in [0.05, 0.1) is 0 Å². The lowest BCUT2D eigenvalue weighted by molar-refractivity contribution is 0.909. The van der Waals surface area contributed by atoms with Crippen LogP contribution >= 0.6 is 23.1 Å². The summed E-state index contributed by atoms with van der Waals surface area (Å²) in [4.78, 5) is 6.41. The molecule has 1 aromatic carbocycles. The third-order valence-corrected chi connectivity index (χ3v) is 3.35. The van der Waals surface area contributed by atoms with Gasteiger partial charge in [-0.15, -0.1) is 0 Å². The Kier molecular flexibility index (Phi) is 3.41. The maximum Gasteiger partial charge on any atom is 0.205 e. The van der Waals surface area contributed by atoms with E-state index in [9.17, 15) is 0 Å². The SMILES string of the molecule is Cc1nsc(N(C)Cc2ccc(Cl)cc2)n1. The van der Waals surface area contributed by atoms with E-state index in [4.69, 9.17) is 11.6 Å². The van der Waals surface area contributed by atoms with Crippen molar-refractivity contribution in [1.82, 2.24) is 9.36 Å². The van der Waals surface area contributed by atoms with Gasteiger partial charge in [-0.3, -0.25) is 0 Å². The topological polar surface area (TPSA) is 29.0 Å². The van der Waals surface area contributed by atoms with Gasteiger partial charge >= 0.3 is 0 Å². The second-order valence-electron chi connectivity index (χ2n) is 3.61. The summed E-state index contributed by atoms with van der Waals surface area (Å²) in [5, 5.41) is 1.70. The summed E-state index contributed by atoms with van der Waals surface area (Å²) in [6, 6.07) is 7.84. The van der Waals surface area contributed by atoms with Gasteiger partial charge in [-0.05, 0) is 24.6 Å². The Morgan fingerprint density at radius 3 is 2.56 bits per heavy atom. The Balaban J connectivity index is 2.07. The first-order chi connectivity index (χ1) is 7.65. The third-order valence-electron chi connectivity index (χ3n) is 2.18. The minimum Gasteiger partial charge on any atom is -0.346 e. The van der Waals surface area contributed by atoms with Gasteiger partial charge in [0.1, 0.15) is 5.82 Å². The molecule has 1 aromatic heterocycles. The molecule has 3 nitrogen and oxygen atoms in total. The molecular weight excluding hydrogens is 242 g/mol. The van der Waals surface area contributed by atoms with Crippen LogP contribution in [0, 0.1) is 6.92 Å². The van der Waals surface area contributed by atoms with E-state index in [1.807, 2.05) is 38.2 Å². The predicted molar refractivity (Wildman–Crippen MR) is 68.2 cm³/mol. The fourth-order valence-electron chi connectivity index (χ4n) is 1.37. The monoisotopic (exact) mass is 253 g/mol. The van der Waals surface area contributed by atoms with Crippen molar-refractivity contribution >= 4 is 28.3 Å². The van der Waals surface area contributed by atoms with Gasteiger partial charge in [0, 0.05) is 30.1 Å². The van der Waals surface area contributed by atoms with Crippen LogP contribution in [-0.2, 0) is 6.54 Å². The highest BCUT2D eigenvalue weighted by molar-refractivity contribution is 7.09. The summed E-state index contributed by atoms with van der Waals surface area (Å²) < 4.78 is 4.16. The molecule has 84 valence electrons. The van der Waals surface area contributed by atoms with E-state index in [0.717, 1.165) is 22.5 Å². The molecule has 0 N–H and O–H groups in total. The first-order valence-electron chi connectivity index (χ1n) is 4.91. The second kappa shape index (κ2) is 4.80. The van der Waals surface area contributed by atoms with E-state index in [1.165, 1.54) is 17.1 Å². The number of hydrogen-bond acceptors (Lipinski definition) is 4. The van der Waals surface area contributed by atoms with Crippen molar-refractivity contribution in [3.8, 4) is 0 Å². The molecule has 2 rings (SSSR count). The van der Waals surface area contributed by atoms with Crippen molar-refractivity contribution in [2.45, 2.75) is 13.5 Å². The van der Waals surface area contributed by atoms with Gasteiger partial charge in [-0.1, -0.05) is 23.7 Å². The lowest BCUT2D eigenvalue weighted by atomic mass is 10.2. The zero-order valence-corrected chi connectivity index (χ0v) is 10.7. The van der Waals surface area contributed by atoms with Crippen LogP contribution in [0.3, 0.4) is 0 Å². The van der Waals surface area contributed by atoms with E-state index in [1.54, 1.807) is 0 Å². The molecule has 1 heterocycles. The van der Waals surface area contributed by atoms with Gasteiger partial charge in [-0.2, -0.15) is 4.37 Å². The zero-order valence-electron chi connectivity index (χ0n) is 9.14. The lowest BCUT2D eigenvalue weighted by Crippen LogP contribution is -2.15. The highest BCUT2D eigenvalue weighted by Gasteiger charge is 2.06. The number of hydrogen-bond donors (Lipinski definition) is 0. The van der Waals surface area contributed by atoms with Crippen LogP contribution in [0.2, 0.25) is 5.02 Å². The molecule has 16 heavy (non-hydrogen) atoms. The summed E-state index contributed by atoms with van der Waals surface area (Å²) in [5.41, 5.74) is 1.21. The van der Waals surface area contributed by atoms with Crippen molar-refractivity contribution in [2.24, 2.45) is 0 Å². The Bertz CT molecular complexity index is 466. The summed E-state index contributed by atoms with van der Waals surface area (Å²) in [5.74, 6) is 0.822. The number of halogens is 1. The molecule has 0 spiro atoms. The third kappa shape index (κ3) is 2.71. The first-order valence-corrected chi connectivity index (χ1v) is 6.06. The lowest BCUT2D eigenvalue weighted by Gasteiger charge is -2.14. The molecule has 5 heteroatoms. The molecule has 0 radical (unpaired) electrons. The number of aromatic nitrogens is 2. The van der Waals surface area contributed by atoms with Crippen LogP contribution in [0.15, 0.2) is 24.3 Å². The summed E-state index contributed by atoms with van der Waals surface area (Å²) in [6.07, 6.45) is 0. The molecule has 0 saturated carbocycles. The normalized spacial score (nSPS) is 10.4. The van der Waals surface area contributed by atoms with Gasteiger partial charge in [-0.25, -0.2) is 4.98 Å². The van der Waals surface area contributed by atoms with E-state index in [2.05, 4.69) is 14.3 Å². The fraction of sp³-hybridized carbons (Fsp3) is 0.273. The second-order valence-corrected chi connectivity index (χ2v) is 4.77. The zero-order chi connectivity index (χ0) is 11.5. The number of anilines is 1. The highest BCUT2D eigenvalue weighted by atomic mass is 35.5. The smallest absolute Gasteiger partial charge is 0.205 e. The van der Waals surface area contributed by atoms with E-state index < -0.39 is 0 Å². The maximum absolute atomic E-state index is 5.83. The maximum atomic E-state index is 5.83. The Morgan fingerprint density at radius 2 is 2.00 bits per heavy atom. The van der Waals surface area contributed by atoms with Crippen LogP contribution in [0.1, 0.15) is 11.4 Å². The Morgan fingerprint density at radius 1 is 1.31 bits per heavy atom. The van der Waals surface area contributed by atoms with E-state index in [0.29, 0.717) is 0 Å². The molecule has 0 bridgehead atoms. The predicted octanol–water partition coefficient (Wildman–Crippen LogP) is 3.14. The number of aryl methyl sites for hydroxylation is 1. The van der Waals surface area contributed by atoms with Crippen molar-refractivity contribution in [2.75, 3.05) is 11.9 Å². The number of rotatable bonds is 3. The van der Waals surface area contributed by atoms with Crippen LogP contribution < -0.4 is 4.90 Å². The molecule has 0 saturated heterocycles. The molecule has 0 unspecified atom stereocenters. The average molecular weight is 254 g/mol. The van der Waals surface area contributed by atoms with Crippen LogP contribution in [-0.4, -0.2) is 16.4 Å². The van der Waals surface area contributed by atoms with Crippen LogP contribution in [0.4, 0.5) is 5.13 Å². The van der Waals surface area contributed by atoms with Crippen LogP contribution in [0.25, 0.3) is 0 Å². The first kappa shape index (κ1) is 11.4. The van der Waals surface area contributed by atoms with Gasteiger partial charge in [0.15, 0.2) is 0 Å². The quantitative estimate of drug-likeness (QED) is 0.842. The number of benzene rings is 1. The standard InChI is InChI=1S/C11H12ClN3S/c1-8-13-11(16-14-8)15(2)7-9-3-5-10(12)6-4-9/h3-6H,7H2,1-2H3. The van der Waals surface area contributed by atoms with Gasteiger partial charge < -0.3 is 4.90 Å². The molecular formula is C11H12ClN3S. The van der Waals surface area contributed by atoms with Crippen molar-refractivity contribution in [3.05, 3.63) is 40.7 Å². The molecule has 2 aromatic rings. The molecule has 0 aliphatic rings.